The summed E-state index contributed by atoms with van der Waals surface area (Å²) in [5.74, 6) is 0. The minimum Gasteiger partial charge on any atom is -0.412 e. The summed E-state index contributed by atoms with van der Waals surface area (Å²) in [5, 5.41) is 29.8. The van der Waals surface area contributed by atoms with E-state index >= 15 is 0 Å². The number of aliphatic hydroxyl groups excluding tert-OH is 1. The zero-order valence-corrected chi connectivity index (χ0v) is 12.3. The normalized spacial score (nSPS) is 11.8. The Hall–Kier alpha value is -1.45. The molecule has 8 nitrogen and oxygen atoms in total. The van der Waals surface area contributed by atoms with E-state index in [1.807, 2.05) is 0 Å². The Balaban J connectivity index is 0. The molecule has 1 rings (SSSR count). The molecule has 1 aromatic rings. The van der Waals surface area contributed by atoms with Gasteiger partial charge in [-0.1, -0.05) is 4.76 Å². The van der Waals surface area contributed by atoms with E-state index in [2.05, 4.69) is 5.43 Å². The second-order valence-corrected chi connectivity index (χ2v) is 4.66. The minimum absolute atomic E-state index is 0. The fraction of sp³-hybridized carbons (Fsp3) is 0.455. The van der Waals surface area contributed by atoms with Gasteiger partial charge in [-0.25, -0.2) is 5.43 Å². The smallest absolute Gasteiger partial charge is 0.274 e. The van der Waals surface area contributed by atoms with Crippen molar-refractivity contribution in [3.63, 3.8) is 0 Å². The van der Waals surface area contributed by atoms with Gasteiger partial charge in [0, 0.05) is 18.1 Å². The second-order valence-electron chi connectivity index (χ2n) is 4.66. The molecule has 116 valence electrons. The van der Waals surface area contributed by atoms with Crippen molar-refractivity contribution in [1.82, 2.24) is 0 Å². The molecule has 0 aliphatic carbocycles. The van der Waals surface area contributed by atoms with Crippen LogP contribution in [0, 0.1) is 10.1 Å². The maximum atomic E-state index is 10.9. The van der Waals surface area contributed by atoms with Gasteiger partial charge in [-0.2, -0.15) is 5.21 Å². The van der Waals surface area contributed by atoms with Crippen LogP contribution in [0.25, 0.3) is 0 Å². The number of aliphatic hydroxyl groups is 1. The van der Waals surface area contributed by atoms with Crippen LogP contribution in [0.15, 0.2) is 18.2 Å². The van der Waals surface area contributed by atoms with Gasteiger partial charge in [0.2, 0.25) is 0 Å². The van der Waals surface area contributed by atoms with E-state index in [1.54, 1.807) is 19.1 Å². The average molecular weight is 311 g/mol. The SMILES string of the molecule is CC(O)Cc1ccc(N[N+](C)(C)O)cc1[N+](=O)[O-].Cl.O. The predicted octanol–water partition coefficient (Wildman–Crippen LogP) is 0.908. The molecule has 0 aliphatic rings. The average Bonchev–Trinajstić information content (AvgIpc) is 2.17. The Kier molecular flexibility index (Phi) is 8.32. The van der Waals surface area contributed by atoms with Crippen LogP contribution >= 0.6 is 12.4 Å². The van der Waals surface area contributed by atoms with Crippen LogP contribution < -0.4 is 5.43 Å². The zero-order valence-electron chi connectivity index (χ0n) is 11.5. The van der Waals surface area contributed by atoms with Gasteiger partial charge in [-0.3, -0.25) is 10.1 Å². The first-order valence-electron chi connectivity index (χ1n) is 5.49. The van der Waals surface area contributed by atoms with Gasteiger partial charge in [0.1, 0.15) is 14.1 Å². The van der Waals surface area contributed by atoms with E-state index < -0.39 is 15.8 Å². The Morgan fingerprint density at radius 2 is 2.00 bits per heavy atom. The molecule has 5 N–H and O–H groups in total. The molecule has 0 spiro atoms. The lowest BCUT2D eigenvalue weighted by atomic mass is 10.1. The largest absolute Gasteiger partial charge is 0.412 e. The van der Waals surface area contributed by atoms with Crippen molar-refractivity contribution in [1.29, 1.82) is 0 Å². The first-order chi connectivity index (χ1) is 8.19. The molecule has 0 saturated heterocycles. The van der Waals surface area contributed by atoms with Gasteiger partial charge in [0.15, 0.2) is 0 Å². The van der Waals surface area contributed by atoms with E-state index in [0.717, 1.165) is 0 Å². The highest BCUT2D eigenvalue weighted by molar-refractivity contribution is 5.85. The lowest BCUT2D eigenvalue weighted by Gasteiger charge is -2.20. The number of nitro groups is 1. The number of anilines is 1. The molecule has 0 heterocycles. The summed E-state index contributed by atoms with van der Waals surface area (Å²) < 4.78 is -0.535. The topological polar surface area (TPSA) is 127 Å². The number of rotatable bonds is 5. The van der Waals surface area contributed by atoms with Crippen molar-refractivity contribution in [3.8, 4) is 0 Å². The first kappa shape index (κ1) is 20.9. The highest BCUT2D eigenvalue weighted by Gasteiger charge is 2.18. The van der Waals surface area contributed by atoms with Gasteiger partial charge in [0.05, 0.1) is 16.7 Å². The summed E-state index contributed by atoms with van der Waals surface area (Å²) in [5.41, 5.74) is 3.50. The summed E-state index contributed by atoms with van der Waals surface area (Å²) in [6.07, 6.45) is -0.430. The maximum Gasteiger partial charge on any atom is 0.274 e. The molecule has 0 saturated carbocycles. The molecule has 20 heavy (non-hydrogen) atoms. The molecular weight excluding hydrogens is 290 g/mol. The standard InChI is InChI=1S/C11H18N3O4.ClH.H2O/c1-8(15)6-9-4-5-10(12-14(2,3)18)7-11(9)13(16)17;;/h4-5,7-8,12,15,18H,6H2,1-3H3;1H;1H2/q+1;;. The molecule has 1 aromatic carbocycles. The lowest BCUT2D eigenvalue weighted by Crippen LogP contribution is -2.41. The van der Waals surface area contributed by atoms with Gasteiger partial charge in [-0.15, -0.1) is 12.4 Å². The number of halogens is 1. The number of nitrogens with zero attached hydrogens (tertiary/aromatic N) is 2. The van der Waals surface area contributed by atoms with E-state index in [9.17, 15) is 20.4 Å². The molecule has 0 aliphatic heterocycles. The summed E-state index contributed by atoms with van der Waals surface area (Å²) >= 11 is 0. The summed E-state index contributed by atoms with van der Waals surface area (Å²) in [6.45, 7) is 1.57. The molecule has 1 atom stereocenters. The Morgan fingerprint density at radius 1 is 1.45 bits per heavy atom. The molecule has 0 bridgehead atoms. The third-order valence-corrected chi connectivity index (χ3v) is 2.20. The van der Waals surface area contributed by atoms with Crippen LogP contribution in [0.2, 0.25) is 0 Å². The second kappa shape index (κ2) is 7.98. The summed E-state index contributed by atoms with van der Waals surface area (Å²) in [7, 11) is 2.96. The Labute approximate surface area is 123 Å². The van der Waals surface area contributed by atoms with E-state index in [0.29, 0.717) is 11.3 Å². The van der Waals surface area contributed by atoms with Crippen molar-refractivity contribution in [2.24, 2.45) is 0 Å². The number of hydrogen-bond acceptors (Lipinski definition) is 5. The van der Waals surface area contributed by atoms with Gasteiger partial charge in [0.25, 0.3) is 5.69 Å². The van der Waals surface area contributed by atoms with Crippen molar-refractivity contribution in [3.05, 3.63) is 33.9 Å². The predicted molar refractivity (Wildman–Crippen MR) is 76.9 cm³/mol. The molecule has 0 fully saturated rings. The van der Waals surface area contributed by atoms with Gasteiger partial charge < -0.3 is 10.6 Å². The maximum absolute atomic E-state index is 10.9. The molecule has 0 aromatic heterocycles. The third-order valence-electron chi connectivity index (χ3n) is 2.20. The lowest BCUT2D eigenvalue weighted by molar-refractivity contribution is -1.06. The zero-order chi connectivity index (χ0) is 13.9. The number of hydroxylamine groups is 2. The van der Waals surface area contributed by atoms with Gasteiger partial charge >= 0.3 is 0 Å². The Bertz CT molecular complexity index is 448. The van der Waals surface area contributed by atoms with Crippen LogP contribution in [0.3, 0.4) is 0 Å². The van der Waals surface area contributed by atoms with Crippen LogP contribution in [-0.2, 0) is 6.42 Å². The fourth-order valence-electron chi connectivity index (χ4n) is 1.61. The van der Waals surface area contributed by atoms with Crippen LogP contribution in [0.5, 0.6) is 0 Å². The number of quaternary nitrogens is 1. The molecule has 0 amide bonds. The monoisotopic (exact) mass is 310 g/mol. The van der Waals surface area contributed by atoms with Crippen LogP contribution in [0.1, 0.15) is 12.5 Å². The minimum atomic E-state index is -0.646. The number of nitrogens with one attached hydrogen (secondary N) is 1. The number of benzene rings is 1. The molecule has 0 radical (unpaired) electrons. The fourth-order valence-corrected chi connectivity index (χ4v) is 1.61. The van der Waals surface area contributed by atoms with E-state index in [4.69, 9.17) is 0 Å². The van der Waals surface area contributed by atoms with Gasteiger partial charge in [-0.05, 0) is 19.1 Å². The highest BCUT2D eigenvalue weighted by Crippen LogP contribution is 2.25. The molecular formula is C11H21ClN3O5+. The number of nitro benzene ring substituents is 1. The van der Waals surface area contributed by atoms with E-state index in [-0.39, 0.29) is 30.0 Å². The van der Waals surface area contributed by atoms with Crippen molar-refractivity contribution in [2.45, 2.75) is 19.4 Å². The van der Waals surface area contributed by atoms with Crippen molar-refractivity contribution in [2.75, 3.05) is 19.5 Å². The summed E-state index contributed by atoms with van der Waals surface area (Å²) in [6, 6.07) is 4.54. The number of hydrogen-bond donors (Lipinski definition) is 3. The quantitative estimate of drug-likeness (QED) is 0.423. The van der Waals surface area contributed by atoms with Crippen molar-refractivity contribution < 1.29 is 25.5 Å². The highest BCUT2D eigenvalue weighted by atomic mass is 35.5. The van der Waals surface area contributed by atoms with Crippen molar-refractivity contribution >= 4 is 23.8 Å². The third kappa shape index (κ3) is 6.64. The summed E-state index contributed by atoms with van der Waals surface area (Å²) in [4.78, 5) is 10.4. The Morgan fingerprint density at radius 3 is 2.40 bits per heavy atom. The van der Waals surface area contributed by atoms with E-state index in [1.165, 1.54) is 20.2 Å². The van der Waals surface area contributed by atoms with Crippen LogP contribution in [-0.4, -0.2) is 45.7 Å². The molecule has 9 heteroatoms. The molecule has 1 unspecified atom stereocenters. The first-order valence-corrected chi connectivity index (χ1v) is 5.49. The van der Waals surface area contributed by atoms with Crippen LogP contribution in [0.4, 0.5) is 11.4 Å².